The number of hydrogen-bond acceptors (Lipinski definition) is 5. The third-order valence-electron chi connectivity index (χ3n) is 3.89. The highest BCUT2D eigenvalue weighted by atomic mass is 16.5. The fourth-order valence-electron chi connectivity index (χ4n) is 2.73. The van der Waals surface area contributed by atoms with Crippen molar-refractivity contribution in [1.29, 1.82) is 0 Å². The van der Waals surface area contributed by atoms with E-state index in [2.05, 4.69) is 10.3 Å². The molecule has 24 heavy (non-hydrogen) atoms. The smallest absolute Gasteiger partial charge is 0.252 e. The minimum atomic E-state index is -0.567. The maximum atomic E-state index is 11.6. The predicted octanol–water partition coefficient (Wildman–Crippen LogP) is 1.39. The van der Waals surface area contributed by atoms with E-state index in [0.717, 1.165) is 11.8 Å². The van der Waals surface area contributed by atoms with E-state index in [1.807, 2.05) is 6.92 Å². The molecule has 1 aliphatic heterocycles. The number of nitrogens with one attached hydrogen (secondary N) is 1. The number of aromatic nitrogens is 1. The van der Waals surface area contributed by atoms with Gasteiger partial charge in [-0.25, -0.2) is 0 Å². The van der Waals surface area contributed by atoms with Crippen LogP contribution in [0.1, 0.15) is 30.1 Å². The molecule has 1 saturated heterocycles. The number of nitrogens with two attached hydrogens (primary N) is 1. The fraction of sp³-hybridized carbons (Fsp3) is 0.353. The van der Waals surface area contributed by atoms with Crippen molar-refractivity contribution in [3.05, 3.63) is 30.0 Å². The quantitative estimate of drug-likeness (QED) is 0.833. The fourth-order valence-corrected chi connectivity index (χ4v) is 2.73. The molecule has 1 aromatic carbocycles. The molecule has 3 rings (SSSR count). The second-order valence-corrected chi connectivity index (χ2v) is 5.59. The molecule has 0 spiro atoms. The van der Waals surface area contributed by atoms with Gasteiger partial charge in [-0.1, -0.05) is 0 Å². The Balaban J connectivity index is 1.91. The van der Waals surface area contributed by atoms with Crippen LogP contribution in [0.15, 0.2) is 24.4 Å². The van der Waals surface area contributed by atoms with Crippen LogP contribution in [0, 0.1) is 0 Å². The van der Waals surface area contributed by atoms with Crippen LogP contribution < -0.4 is 20.5 Å². The highest BCUT2D eigenvalue weighted by molar-refractivity contribution is 6.01. The summed E-state index contributed by atoms with van der Waals surface area (Å²) in [6.45, 7) is 2.63. The Bertz CT molecular complexity index is 791. The number of ether oxygens (including phenoxy) is 2. The Labute approximate surface area is 139 Å². The van der Waals surface area contributed by atoms with Crippen LogP contribution in [-0.4, -0.2) is 36.1 Å². The molecular weight excluding hydrogens is 310 g/mol. The number of carbonyl (C=O) groups excluding carboxylic acids is 2. The maximum Gasteiger partial charge on any atom is 0.252 e. The topological polar surface area (TPSA) is 104 Å². The zero-order valence-corrected chi connectivity index (χ0v) is 13.4. The zero-order valence-electron chi connectivity index (χ0n) is 13.4. The summed E-state index contributed by atoms with van der Waals surface area (Å²) in [6, 6.07) is 5.08. The van der Waals surface area contributed by atoms with Gasteiger partial charge in [0.05, 0.1) is 23.7 Å². The van der Waals surface area contributed by atoms with E-state index in [0.29, 0.717) is 36.7 Å². The summed E-state index contributed by atoms with van der Waals surface area (Å²) < 4.78 is 11.4. The summed E-state index contributed by atoms with van der Waals surface area (Å²) >= 11 is 0. The first kappa shape index (κ1) is 16.0. The van der Waals surface area contributed by atoms with Gasteiger partial charge in [0.2, 0.25) is 5.91 Å². The van der Waals surface area contributed by atoms with Crippen molar-refractivity contribution in [1.82, 2.24) is 10.3 Å². The maximum absolute atomic E-state index is 11.6. The molecule has 1 aliphatic rings. The van der Waals surface area contributed by atoms with E-state index in [9.17, 15) is 9.59 Å². The van der Waals surface area contributed by atoms with Crippen molar-refractivity contribution >= 4 is 22.7 Å². The summed E-state index contributed by atoms with van der Waals surface area (Å²) in [5.41, 5.74) is 6.30. The second-order valence-electron chi connectivity index (χ2n) is 5.59. The molecule has 1 unspecified atom stereocenters. The Morgan fingerprint density at radius 2 is 2.21 bits per heavy atom. The van der Waals surface area contributed by atoms with Gasteiger partial charge in [0.15, 0.2) is 0 Å². The van der Waals surface area contributed by atoms with Crippen LogP contribution in [-0.2, 0) is 4.79 Å². The van der Waals surface area contributed by atoms with Gasteiger partial charge in [-0.05, 0) is 31.5 Å². The van der Waals surface area contributed by atoms with Crippen molar-refractivity contribution in [2.45, 2.75) is 25.8 Å². The second kappa shape index (κ2) is 6.74. The summed E-state index contributed by atoms with van der Waals surface area (Å²) in [7, 11) is 0. The first-order valence-corrected chi connectivity index (χ1v) is 7.86. The minimum absolute atomic E-state index is 0.0111. The molecule has 1 fully saturated rings. The van der Waals surface area contributed by atoms with Gasteiger partial charge in [0, 0.05) is 18.0 Å². The first-order valence-electron chi connectivity index (χ1n) is 7.86. The van der Waals surface area contributed by atoms with E-state index in [1.165, 1.54) is 0 Å². The van der Waals surface area contributed by atoms with Gasteiger partial charge >= 0.3 is 0 Å². The number of hydrogen-bond donors (Lipinski definition) is 2. The van der Waals surface area contributed by atoms with Gasteiger partial charge in [-0.2, -0.15) is 0 Å². The SMILES string of the molecule is CCOc1cc2c(OCC3CCC(=O)N3)ccnc2cc1C(N)=O. The lowest BCUT2D eigenvalue weighted by molar-refractivity contribution is -0.119. The van der Waals surface area contributed by atoms with Crippen molar-refractivity contribution < 1.29 is 19.1 Å². The number of carbonyl (C=O) groups is 2. The molecule has 0 aliphatic carbocycles. The number of pyridine rings is 1. The molecule has 7 heteroatoms. The Kier molecular flexibility index (Phi) is 4.50. The number of rotatable bonds is 6. The molecule has 2 heterocycles. The van der Waals surface area contributed by atoms with Gasteiger partial charge in [0.1, 0.15) is 18.1 Å². The van der Waals surface area contributed by atoms with Gasteiger partial charge in [-0.3, -0.25) is 14.6 Å². The normalized spacial score (nSPS) is 16.9. The van der Waals surface area contributed by atoms with Crippen molar-refractivity contribution in [2.75, 3.05) is 13.2 Å². The summed E-state index contributed by atoms with van der Waals surface area (Å²) in [6.07, 6.45) is 2.90. The average Bonchev–Trinajstić information content (AvgIpc) is 2.98. The third kappa shape index (κ3) is 3.24. The Morgan fingerprint density at radius 1 is 1.38 bits per heavy atom. The van der Waals surface area contributed by atoms with E-state index in [1.54, 1.807) is 24.4 Å². The van der Waals surface area contributed by atoms with E-state index >= 15 is 0 Å². The molecule has 7 nitrogen and oxygen atoms in total. The lowest BCUT2D eigenvalue weighted by Gasteiger charge is -2.15. The molecule has 126 valence electrons. The van der Waals surface area contributed by atoms with Crippen molar-refractivity contribution in [2.24, 2.45) is 5.73 Å². The molecule has 2 amide bonds. The number of benzene rings is 1. The van der Waals surface area contributed by atoms with Crippen molar-refractivity contribution in [3.8, 4) is 11.5 Å². The van der Waals surface area contributed by atoms with Crippen molar-refractivity contribution in [3.63, 3.8) is 0 Å². The lowest BCUT2D eigenvalue weighted by atomic mass is 10.1. The van der Waals surface area contributed by atoms with Crippen LogP contribution in [0.4, 0.5) is 0 Å². The summed E-state index contributed by atoms with van der Waals surface area (Å²) in [4.78, 5) is 27.1. The standard InChI is InChI=1S/C17H19N3O4/c1-2-23-15-8-11-13(7-12(15)17(18)22)19-6-5-14(11)24-9-10-3-4-16(21)20-10/h5-8,10H,2-4,9H2,1H3,(H2,18,22)(H,20,21). The largest absolute Gasteiger partial charge is 0.493 e. The molecule has 1 aromatic heterocycles. The molecular formula is C17H19N3O4. The number of nitrogens with zero attached hydrogens (tertiary/aromatic N) is 1. The zero-order chi connectivity index (χ0) is 17.1. The Morgan fingerprint density at radius 3 is 2.88 bits per heavy atom. The van der Waals surface area contributed by atoms with E-state index < -0.39 is 5.91 Å². The molecule has 1 atom stereocenters. The highest BCUT2D eigenvalue weighted by Crippen LogP contribution is 2.31. The number of fused-ring (bicyclic) bond motifs is 1. The van der Waals surface area contributed by atoms with Gasteiger partial charge in [-0.15, -0.1) is 0 Å². The highest BCUT2D eigenvalue weighted by Gasteiger charge is 2.21. The average molecular weight is 329 g/mol. The molecule has 3 N–H and O–H groups in total. The summed E-state index contributed by atoms with van der Waals surface area (Å²) in [5, 5.41) is 3.59. The number of primary amides is 1. The number of amides is 2. The lowest BCUT2D eigenvalue weighted by Crippen LogP contribution is -2.30. The van der Waals surface area contributed by atoms with Crippen LogP contribution in [0.25, 0.3) is 10.9 Å². The summed E-state index contributed by atoms with van der Waals surface area (Å²) in [5.74, 6) is 0.512. The minimum Gasteiger partial charge on any atom is -0.493 e. The van der Waals surface area contributed by atoms with E-state index in [-0.39, 0.29) is 17.5 Å². The molecule has 0 radical (unpaired) electrons. The van der Waals surface area contributed by atoms with Gasteiger partial charge < -0.3 is 20.5 Å². The predicted molar refractivity (Wildman–Crippen MR) is 88.1 cm³/mol. The van der Waals surface area contributed by atoms with E-state index in [4.69, 9.17) is 15.2 Å². The Hall–Kier alpha value is -2.83. The third-order valence-corrected chi connectivity index (χ3v) is 3.89. The van der Waals surface area contributed by atoms with Crippen LogP contribution in [0.3, 0.4) is 0 Å². The van der Waals surface area contributed by atoms with Gasteiger partial charge in [0.25, 0.3) is 5.91 Å². The monoisotopic (exact) mass is 329 g/mol. The van der Waals surface area contributed by atoms with Crippen LogP contribution >= 0.6 is 0 Å². The molecule has 2 aromatic rings. The first-order chi connectivity index (χ1) is 11.6. The van der Waals surface area contributed by atoms with Crippen LogP contribution in [0.2, 0.25) is 0 Å². The molecule has 0 saturated carbocycles. The molecule has 0 bridgehead atoms. The van der Waals surface area contributed by atoms with Crippen LogP contribution in [0.5, 0.6) is 11.5 Å².